The van der Waals surface area contributed by atoms with E-state index in [0.29, 0.717) is 6.73 Å². The highest BCUT2D eigenvalue weighted by Crippen LogP contribution is 2.07. The maximum Gasteiger partial charge on any atom is 0.252 e. The van der Waals surface area contributed by atoms with E-state index in [1.807, 2.05) is 0 Å². The molecule has 1 aromatic rings. The Kier molecular flexibility index (Phi) is 6.20. The smallest absolute Gasteiger partial charge is 0.252 e. The van der Waals surface area contributed by atoms with Crippen molar-refractivity contribution in [3.63, 3.8) is 0 Å². The quantitative estimate of drug-likeness (QED) is 0.522. The molecule has 96 valence electrons. The van der Waals surface area contributed by atoms with Crippen molar-refractivity contribution >= 4 is 0 Å². The Morgan fingerprint density at radius 2 is 1.65 bits per heavy atom. The molecule has 0 spiro atoms. The van der Waals surface area contributed by atoms with E-state index in [2.05, 4.69) is 44.7 Å². The normalized spacial score (nSPS) is 10.8. The van der Waals surface area contributed by atoms with Crippen LogP contribution in [0.3, 0.4) is 0 Å². The van der Waals surface area contributed by atoms with Crippen LogP contribution >= 0.6 is 0 Å². The van der Waals surface area contributed by atoms with Crippen LogP contribution in [-0.4, -0.2) is 6.61 Å². The lowest BCUT2D eigenvalue weighted by atomic mass is 10.1. The maximum absolute atomic E-state index is 5.68. The summed E-state index contributed by atoms with van der Waals surface area (Å²) in [4.78, 5) is 0. The van der Waals surface area contributed by atoms with Gasteiger partial charge in [0.1, 0.15) is 0 Å². The van der Waals surface area contributed by atoms with Gasteiger partial charge in [-0.3, -0.25) is 0 Å². The molecule has 0 saturated carbocycles. The first-order valence-electron chi connectivity index (χ1n) is 6.69. The molecule has 0 aliphatic heterocycles. The Bertz CT molecular complexity index is 324. The van der Waals surface area contributed by atoms with Gasteiger partial charge in [-0.15, -0.1) is 0 Å². The highest BCUT2D eigenvalue weighted by molar-refractivity contribution is 5.25. The van der Waals surface area contributed by atoms with Crippen LogP contribution in [0.1, 0.15) is 49.3 Å². The maximum atomic E-state index is 5.68. The minimum Gasteiger partial charge on any atom is -0.323 e. The van der Waals surface area contributed by atoms with Crippen LogP contribution in [0.25, 0.3) is 0 Å². The zero-order valence-corrected chi connectivity index (χ0v) is 11.8. The van der Waals surface area contributed by atoms with E-state index in [4.69, 9.17) is 4.74 Å². The van der Waals surface area contributed by atoms with Crippen molar-refractivity contribution in [2.75, 3.05) is 6.61 Å². The molecular weight excluding hydrogens is 210 g/mol. The summed E-state index contributed by atoms with van der Waals surface area (Å²) < 4.78 is 7.82. The summed E-state index contributed by atoms with van der Waals surface area (Å²) in [5.74, 6) is 0. The zero-order chi connectivity index (χ0) is 12.7. The molecule has 0 N–H and O–H groups in total. The number of ether oxygens (including phenoxy) is 1. The minimum absolute atomic E-state index is 0.675. The largest absolute Gasteiger partial charge is 0.323 e. The molecule has 1 heterocycles. The first kappa shape index (κ1) is 14.2. The summed E-state index contributed by atoms with van der Waals surface area (Å²) in [5.41, 5.74) is 4.04. The van der Waals surface area contributed by atoms with Crippen molar-refractivity contribution in [2.45, 2.75) is 60.1 Å². The Morgan fingerprint density at radius 1 is 1.00 bits per heavy atom. The topological polar surface area (TPSA) is 13.1 Å². The highest BCUT2D eigenvalue weighted by Gasteiger charge is 2.06. The molecule has 2 nitrogen and oxygen atoms in total. The van der Waals surface area contributed by atoms with Crippen molar-refractivity contribution in [3.05, 3.63) is 29.1 Å². The predicted molar refractivity (Wildman–Crippen MR) is 70.9 cm³/mol. The number of hydrogen-bond donors (Lipinski definition) is 0. The molecule has 0 unspecified atom stereocenters. The Hall–Kier alpha value is -0.890. The summed E-state index contributed by atoms with van der Waals surface area (Å²) in [5, 5.41) is 0. The third-order valence-electron chi connectivity index (χ3n) is 3.28. The van der Waals surface area contributed by atoms with Crippen LogP contribution in [-0.2, 0) is 11.5 Å². The first-order valence-corrected chi connectivity index (χ1v) is 6.69. The Balaban J connectivity index is 2.32. The van der Waals surface area contributed by atoms with Gasteiger partial charge in [0.15, 0.2) is 12.4 Å². The van der Waals surface area contributed by atoms with Gasteiger partial charge < -0.3 is 4.74 Å². The number of rotatable bonds is 7. The monoisotopic (exact) mass is 236 g/mol. The number of hydrogen-bond acceptors (Lipinski definition) is 1. The number of aromatic nitrogens is 1. The second-order valence-electron chi connectivity index (χ2n) is 4.86. The van der Waals surface area contributed by atoms with E-state index in [1.165, 1.54) is 42.4 Å². The molecule has 1 rings (SSSR count). The molecular formula is C15H26NO+. The van der Waals surface area contributed by atoms with Gasteiger partial charge in [0.2, 0.25) is 0 Å². The third kappa shape index (κ3) is 4.86. The van der Waals surface area contributed by atoms with Gasteiger partial charge in [-0.25, -0.2) is 0 Å². The van der Waals surface area contributed by atoms with Crippen LogP contribution < -0.4 is 4.57 Å². The van der Waals surface area contributed by atoms with Gasteiger partial charge in [0.05, 0.1) is 6.61 Å². The molecule has 17 heavy (non-hydrogen) atoms. The molecule has 0 radical (unpaired) electrons. The number of nitrogens with zero attached hydrogens (tertiary/aromatic N) is 1. The lowest BCUT2D eigenvalue weighted by Gasteiger charge is -2.05. The summed E-state index contributed by atoms with van der Waals surface area (Å²) in [6, 6.07) is 0. The predicted octanol–water partition coefficient (Wildman–Crippen LogP) is 3.45. The van der Waals surface area contributed by atoms with Crippen molar-refractivity contribution < 1.29 is 9.30 Å². The lowest BCUT2D eigenvalue weighted by Crippen LogP contribution is -2.35. The molecule has 0 aliphatic rings. The third-order valence-corrected chi connectivity index (χ3v) is 3.28. The second-order valence-corrected chi connectivity index (χ2v) is 4.86. The van der Waals surface area contributed by atoms with Crippen molar-refractivity contribution in [1.82, 2.24) is 0 Å². The standard InChI is InChI=1S/C15H26NO/c1-5-6-7-8-9-17-12-16-10-13(2)15(4)14(3)11-16/h10-11H,5-9,12H2,1-4H3/q+1. The zero-order valence-electron chi connectivity index (χ0n) is 11.8. The molecule has 0 fully saturated rings. The fourth-order valence-corrected chi connectivity index (χ4v) is 1.91. The van der Waals surface area contributed by atoms with Gasteiger partial charge in [-0.2, -0.15) is 4.57 Å². The minimum atomic E-state index is 0.675. The van der Waals surface area contributed by atoms with E-state index in [9.17, 15) is 0 Å². The Morgan fingerprint density at radius 3 is 2.24 bits per heavy atom. The molecule has 2 heteroatoms. The van der Waals surface area contributed by atoms with Crippen LogP contribution in [0.15, 0.2) is 12.4 Å². The molecule has 0 atom stereocenters. The van der Waals surface area contributed by atoms with E-state index in [0.717, 1.165) is 6.61 Å². The molecule has 0 aromatic carbocycles. The van der Waals surface area contributed by atoms with Crippen LogP contribution in [0.4, 0.5) is 0 Å². The van der Waals surface area contributed by atoms with Crippen LogP contribution in [0.5, 0.6) is 0 Å². The van der Waals surface area contributed by atoms with Gasteiger partial charge in [0, 0.05) is 11.1 Å². The number of aryl methyl sites for hydroxylation is 2. The molecule has 1 aromatic heterocycles. The average Bonchev–Trinajstić information content (AvgIpc) is 2.30. The average molecular weight is 236 g/mol. The van der Waals surface area contributed by atoms with Gasteiger partial charge in [-0.1, -0.05) is 26.2 Å². The Labute approximate surface area is 106 Å². The lowest BCUT2D eigenvalue weighted by molar-refractivity contribution is -0.733. The summed E-state index contributed by atoms with van der Waals surface area (Å²) in [7, 11) is 0. The van der Waals surface area contributed by atoms with Gasteiger partial charge in [0.25, 0.3) is 6.73 Å². The molecule has 0 aliphatic carbocycles. The number of unbranched alkanes of at least 4 members (excludes halogenated alkanes) is 3. The van der Waals surface area contributed by atoms with E-state index >= 15 is 0 Å². The number of pyridine rings is 1. The van der Waals surface area contributed by atoms with Crippen molar-refractivity contribution in [1.29, 1.82) is 0 Å². The highest BCUT2D eigenvalue weighted by atomic mass is 16.5. The summed E-state index contributed by atoms with van der Waals surface area (Å²) >= 11 is 0. The van der Waals surface area contributed by atoms with E-state index in [-0.39, 0.29) is 0 Å². The van der Waals surface area contributed by atoms with Crippen molar-refractivity contribution in [2.24, 2.45) is 0 Å². The second kappa shape index (κ2) is 7.44. The fourth-order valence-electron chi connectivity index (χ4n) is 1.91. The van der Waals surface area contributed by atoms with E-state index in [1.54, 1.807) is 0 Å². The molecule has 0 saturated heterocycles. The van der Waals surface area contributed by atoms with Crippen LogP contribution in [0.2, 0.25) is 0 Å². The SMILES string of the molecule is CCCCCCOC[n+]1cc(C)c(C)c(C)c1. The molecule has 0 bridgehead atoms. The molecule has 0 amide bonds. The fraction of sp³-hybridized carbons (Fsp3) is 0.667. The summed E-state index contributed by atoms with van der Waals surface area (Å²) in [6.07, 6.45) is 9.39. The van der Waals surface area contributed by atoms with Crippen molar-refractivity contribution in [3.8, 4) is 0 Å². The van der Waals surface area contributed by atoms with Gasteiger partial charge >= 0.3 is 0 Å². The summed E-state index contributed by atoms with van der Waals surface area (Å²) in [6.45, 7) is 10.3. The van der Waals surface area contributed by atoms with Crippen LogP contribution in [0, 0.1) is 20.8 Å². The van der Waals surface area contributed by atoms with E-state index < -0.39 is 0 Å². The van der Waals surface area contributed by atoms with Gasteiger partial charge in [-0.05, 0) is 32.8 Å². The first-order chi connectivity index (χ1) is 8.15.